The first kappa shape index (κ1) is 7.18. The normalized spacial score (nSPS) is 10.8. The Kier molecular flexibility index (Phi) is 1.99. The summed E-state index contributed by atoms with van der Waals surface area (Å²) >= 11 is 0. The average molecular weight is 140 g/mol. The molecule has 0 aliphatic rings. The van der Waals surface area contributed by atoms with Crippen LogP contribution >= 0.6 is 0 Å². The molecule has 0 saturated heterocycles. The predicted octanol–water partition coefficient (Wildman–Crippen LogP) is 0.638. The molecule has 0 spiro atoms. The van der Waals surface area contributed by atoms with Crippen LogP contribution in [0, 0.1) is 12.8 Å². The highest BCUT2D eigenvalue weighted by Crippen LogP contribution is 1.94. The van der Waals surface area contributed by atoms with Gasteiger partial charge >= 0.3 is 0 Å². The fraction of sp³-hybridized carbons (Fsp3) is 0.833. The summed E-state index contributed by atoms with van der Waals surface area (Å²) in [6, 6.07) is 0. The monoisotopic (exact) mass is 140 g/mol. The third-order valence-electron chi connectivity index (χ3n) is 1.08. The zero-order valence-electron chi connectivity index (χ0n) is 6.57. The van der Waals surface area contributed by atoms with E-state index in [2.05, 4.69) is 29.3 Å². The highest BCUT2D eigenvalue weighted by Gasteiger charge is 1.98. The molecule has 0 unspecified atom stereocenters. The molecule has 0 N–H and O–H groups in total. The van der Waals surface area contributed by atoms with E-state index >= 15 is 0 Å². The highest BCUT2D eigenvalue weighted by atomic mass is 15.6. The van der Waals surface area contributed by atoms with E-state index in [4.69, 9.17) is 0 Å². The number of rotatable bonds is 2. The van der Waals surface area contributed by atoms with Crippen LogP contribution in [0.2, 0.25) is 0 Å². The van der Waals surface area contributed by atoms with Gasteiger partial charge in [0.1, 0.15) is 0 Å². The smallest absolute Gasteiger partial charge is 0.164 e. The molecule has 56 valence electrons. The minimum atomic E-state index is 0.577. The van der Waals surface area contributed by atoms with Crippen molar-refractivity contribution in [1.29, 1.82) is 0 Å². The van der Waals surface area contributed by atoms with Gasteiger partial charge in [0.25, 0.3) is 0 Å². The van der Waals surface area contributed by atoms with E-state index in [1.165, 1.54) is 0 Å². The predicted molar refractivity (Wildman–Crippen MR) is 37.4 cm³/mol. The van der Waals surface area contributed by atoms with Crippen LogP contribution in [0.25, 0.3) is 0 Å². The Labute approximate surface area is 60.2 Å². The van der Waals surface area contributed by atoms with E-state index in [1.54, 1.807) is 4.80 Å². The Morgan fingerprint density at radius 1 is 1.50 bits per heavy atom. The fourth-order valence-electron chi connectivity index (χ4n) is 0.727. The Bertz CT molecular complexity index is 203. The van der Waals surface area contributed by atoms with E-state index in [-0.39, 0.29) is 0 Å². The molecule has 0 radical (unpaired) electrons. The Morgan fingerprint density at radius 2 is 2.20 bits per heavy atom. The van der Waals surface area contributed by atoms with Gasteiger partial charge in [-0.15, -0.1) is 10.2 Å². The topological polar surface area (TPSA) is 43.6 Å². The molecule has 0 aliphatic heterocycles. The summed E-state index contributed by atoms with van der Waals surface area (Å²) in [6.07, 6.45) is 0. The van der Waals surface area contributed by atoms with Crippen molar-refractivity contribution in [2.24, 2.45) is 5.92 Å². The molecule has 0 fully saturated rings. The molecule has 1 heterocycles. The summed E-state index contributed by atoms with van der Waals surface area (Å²) in [6.45, 7) is 6.93. The lowest BCUT2D eigenvalue weighted by Crippen LogP contribution is -2.07. The molecule has 0 saturated carbocycles. The van der Waals surface area contributed by atoms with Crippen molar-refractivity contribution < 1.29 is 0 Å². The number of hydrogen-bond acceptors (Lipinski definition) is 3. The zero-order chi connectivity index (χ0) is 7.56. The lowest BCUT2D eigenvalue weighted by Gasteiger charge is -1.99. The zero-order valence-corrected chi connectivity index (χ0v) is 6.57. The summed E-state index contributed by atoms with van der Waals surface area (Å²) < 4.78 is 0. The molecule has 0 bridgehead atoms. The molecule has 0 aliphatic carbocycles. The van der Waals surface area contributed by atoms with Crippen molar-refractivity contribution in [2.45, 2.75) is 27.3 Å². The molecular formula is C6H12N4. The second kappa shape index (κ2) is 2.77. The summed E-state index contributed by atoms with van der Waals surface area (Å²) in [4.78, 5) is 1.62. The van der Waals surface area contributed by atoms with Crippen LogP contribution in [0.1, 0.15) is 19.7 Å². The Hall–Kier alpha value is -0.930. The minimum Gasteiger partial charge on any atom is -0.164 e. The van der Waals surface area contributed by atoms with Gasteiger partial charge in [0.15, 0.2) is 5.82 Å². The van der Waals surface area contributed by atoms with Crippen molar-refractivity contribution >= 4 is 0 Å². The van der Waals surface area contributed by atoms with E-state index < -0.39 is 0 Å². The summed E-state index contributed by atoms with van der Waals surface area (Å²) in [5, 5.41) is 11.6. The maximum Gasteiger partial charge on any atom is 0.171 e. The highest BCUT2D eigenvalue weighted by molar-refractivity contribution is 4.66. The van der Waals surface area contributed by atoms with E-state index in [0.29, 0.717) is 5.92 Å². The minimum absolute atomic E-state index is 0.577. The van der Waals surface area contributed by atoms with Gasteiger partial charge in [0.05, 0.1) is 6.54 Å². The Balaban J connectivity index is 2.58. The van der Waals surface area contributed by atoms with Crippen LogP contribution in [0.4, 0.5) is 0 Å². The van der Waals surface area contributed by atoms with Crippen LogP contribution in [-0.4, -0.2) is 20.2 Å². The molecule has 1 rings (SSSR count). The number of hydrogen-bond donors (Lipinski definition) is 0. The molecule has 10 heavy (non-hydrogen) atoms. The van der Waals surface area contributed by atoms with Crippen molar-refractivity contribution in [3.63, 3.8) is 0 Å². The van der Waals surface area contributed by atoms with Crippen molar-refractivity contribution in [1.82, 2.24) is 20.2 Å². The first-order valence-electron chi connectivity index (χ1n) is 3.43. The van der Waals surface area contributed by atoms with E-state index in [9.17, 15) is 0 Å². The van der Waals surface area contributed by atoms with Gasteiger partial charge in [-0.2, -0.15) is 4.80 Å². The van der Waals surface area contributed by atoms with Crippen molar-refractivity contribution in [3.8, 4) is 0 Å². The van der Waals surface area contributed by atoms with Gasteiger partial charge in [-0.05, 0) is 18.1 Å². The quantitative estimate of drug-likeness (QED) is 0.605. The Morgan fingerprint density at radius 3 is 2.60 bits per heavy atom. The van der Waals surface area contributed by atoms with Gasteiger partial charge in [-0.25, -0.2) is 0 Å². The molecule has 4 nitrogen and oxygen atoms in total. The number of aromatic nitrogens is 4. The SMILES string of the molecule is Cc1nnn(CC(C)C)n1. The van der Waals surface area contributed by atoms with Crippen molar-refractivity contribution in [2.75, 3.05) is 0 Å². The number of nitrogens with zero attached hydrogens (tertiary/aromatic N) is 4. The lowest BCUT2D eigenvalue weighted by atomic mass is 10.2. The first-order valence-corrected chi connectivity index (χ1v) is 3.43. The standard InChI is InChI=1S/C6H12N4/c1-5(2)4-10-8-6(3)7-9-10/h5H,4H2,1-3H3. The number of tetrazole rings is 1. The summed E-state index contributed by atoms with van der Waals surface area (Å²) in [5.74, 6) is 1.31. The fourth-order valence-corrected chi connectivity index (χ4v) is 0.727. The van der Waals surface area contributed by atoms with Crippen LogP contribution in [-0.2, 0) is 6.54 Å². The van der Waals surface area contributed by atoms with Crippen LogP contribution in [0.3, 0.4) is 0 Å². The largest absolute Gasteiger partial charge is 0.171 e. The molecular weight excluding hydrogens is 128 g/mol. The maximum atomic E-state index is 4.05. The summed E-state index contributed by atoms with van der Waals surface area (Å²) in [7, 11) is 0. The van der Waals surface area contributed by atoms with Gasteiger partial charge in [-0.1, -0.05) is 13.8 Å². The van der Waals surface area contributed by atoms with Gasteiger partial charge in [0, 0.05) is 0 Å². The van der Waals surface area contributed by atoms with Crippen LogP contribution < -0.4 is 0 Å². The second-order valence-electron chi connectivity index (χ2n) is 2.79. The van der Waals surface area contributed by atoms with Crippen LogP contribution in [0.5, 0.6) is 0 Å². The van der Waals surface area contributed by atoms with E-state index in [1.807, 2.05) is 6.92 Å². The lowest BCUT2D eigenvalue weighted by molar-refractivity contribution is 0.429. The molecule has 1 aromatic heterocycles. The van der Waals surface area contributed by atoms with Gasteiger partial charge in [-0.3, -0.25) is 0 Å². The van der Waals surface area contributed by atoms with Gasteiger partial charge in [0.2, 0.25) is 0 Å². The second-order valence-corrected chi connectivity index (χ2v) is 2.79. The third-order valence-corrected chi connectivity index (χ3v) is 1.08. The van der Waals surface area contributed by atoms with Crippen LogP contribution in [0.15, 0.2) is 0 Å². The van der Waals surface area contributed by atoms with Crippen molar-refractivity contribution in [3.05, 3.63) is 5.82 Å². The molecule has 4 heteroatoms. The summed E-state index contributed by atoms with van der Waals surface area (Å²) in [5.41, 5.74) is 0. The molecule has 0 amide bonds. The molecule has 0 aromatic carbocycles. The first-order chi connectivity index (χ1) is 4.68. The molecule has 0 atom stereocenters. The third kappa shape index (κ3) is 1.79. The number of aryl methyl sites for hydroxylation is 1. The van der Waals surface area contributed by atoms with Gasteiger partial charge < -0.3 is 0 Å². The average Bonchev–Trinajstić information content (AvgIpc) is 2.13. The molecule has 1 aromatic rings. The maximum absolute atomic E-state index is 4.05. The van der Waals surface area contributed by atoms with E-state index in [0.717, 1.165) is 12.4 Å².